The lowest BCUT2D eigenvalue weighted by Crippen LogP contribution is -2.24. The Kier molecular flexibility index (Phi) is 4.44. The van der Waals surface area contributed by atoms with Crippen molar-refractivity contribution in [2.24, 2.45) is 0 Å². The van der Waals surface area contributed by atoms with Gasteiger partial charge in [0.05, 0.1) is 5.69 Å². The zero-order valence-corrected chi connectivity index (χ0v) is 10.5. The van der Waals surface area contributed by atoms with E-state index in [0.29, 0.717) is 25.2 Å². The van der Waals surface area contributed by atoms with Crippen molar-refractivity contribution < 1.29 is 9.59 Å². The van der Waals surface area contributed by atoms with Crippen LogP contribution in [0.1, 0.15) is 22.5 Å². The molecule has 0 spiro atoms. The third kappa shape index (κ3) is 3.77. The summed E-state index contributed by atoms with van der Waals surface area (Å²) in [5, 5.41) is 2.83. The first kappa shape index (κ1) is 13.0. The fraction of sp³-hybridized carbons (Fsp3) is 0.214. The largest absolute Gasteiger partial charge is 0.352 e. The minimum atomic E-state index is -0.0395. The molecule has 0 aliphatic rings. The van der Waals surface area contributed by atoms with Crippen LogP contribution in [0.4, 0.5) is 0 Å². The highest BCUT2D eigenvalue weighted by Gasteiger charge is 2.04. The normalized spacial score (nSPS) is 10.1. The molecule has 2 aromatic heterocycles. The molecule has 0 aliphatic carbocycles. The Bertz CT molecular complexity index is 549. The summed E-state index contributed by atoms with van der Waals surface area (Å²) in [6.45, 7) is 0.997. The van der Waals surface area contributed by atoms with Crippen molar-refractivity contribution in [1.82, 2.24) is 14.9 Å². The maximum Gasteiger partial charge on any atom is 0.222 e. The average molecular weight is 257 g/mol. The molecule has 0 radical (unpaired) electrons. The molecule has 5 nitrogen and oxygen atoms in total. The number of aryl methyl sites for hydroxylation is 1. The van der Waals surface area contributed by atoms with Crippen LogP contribution in [0.15, 0.2) is 42.9 Å². The smallest absolute Gasteiger partial charge is 0.222 e. The van der Waals surface area contributed by atoms with Gasteiger partial charge in [-0.3, -0.25) is 14.6 Å². The van der Waals surface area contributed by atoms with Gasteiger partial charge >= 0.3 is 0 Å². The summed E-state index contributed by atoms with van der Waals surface area (Å²) in [7, 11) is 0. The van der Waals surface area contributed by atoms with E-state index in [2.05, 4.69) is 10.3 Å². The molecule has 1 N–H and O–H groups in total. The second-order valence-corrected chi connectivity index (χ2v) is 4.13. The van der Waals surface area contributed by atoms with Gasteiger partial charge in [-0.1, -0.05) is 0 Å². The van der Waals surface area contributed by atoms with Gasteiger partial charge in [0.1, 0.15) is 0 Å². The molecule has 0 saturated carbocycles. The number of pyridine rings is 1. The van der Waals surface area contributed by atoms with E-state index in [1.165, 1.54) is 0 Å². The molecule has 2 heterocycles. The summed E-state index contributed by atoms with van der Waals surface area (Å²) in [4.78, 5) is 26.3. The van der Waals surface area contributed by atoms with Crippen LogP contribution in [0, 0.1) is 0 Å². The van der Waals surface area contributed by atoms with Crippen LogP contribution in [0.3, 0.4) is 0 Å². The second kappa shape index (κ2) is 6.49. The Balaban J connectivity index is 1.77. The summed E-state index contributed by atoms with van der Waals surface area (Å²) in [6.07, 6.45) is 6.31. The molecular formula is C14H15N3O2. The quantitative estimate of drug-likeness (QED) is 0.796. The van der Waals surface area contributed by atoms with Crippen molar-refractivity contribution in [3.63, 3.8) is 0 Å². The van der Waals surface area contributed by atoms with Crippen molar-refractivity contribution >= 4 is 12.2 Å². The van der Waals surface area contributed by atoms with Crippen molar-refractivity contribution in [3.8, 4) is 0 Å². The van der Waals surface area contributed by atoms with E-state index >= 15 is 0 Å². The highest BCUT2D eigenvalue weighted by molar-refractivity contribution is 5.76. The third-order valence-electron chi connectivity index (χ3n) is 2.80. The number of aromatic nitrogens is 2. The Morgan fingerprint density at radius 2 is 2.11 bits per heavy atom. The number of carbonyl (C=O) groups is 2. The zero-order valence-electron chi connectivity index (χ0n) is 10.5. The monoisotopic (exact) mass is 257 g/mol. The van der Waals surface area contributed by atoms with Crippen molar-refractivity contribution in [2.75, 3.05) is 0 Å². The molecule has 1 amide bonds. The van der Waals surface area contributed by atoms with Gasteiger partial charge in [0.2, 0.25) is 5.91 Å². The van der Waals surface area contributed by atoms with Gasteiger partial charge in [0.25, 0.3) is 0 Å². The lowest BCUT2D eigenvalue weighted by molar-refractivity contribution is -0.121. The Morgan fingerprint density at radius 3 is 2.84 bits per heavy atom. The van der Waals surface area contributed by atoms with Gasteiger partial charge in [-0.15, -0.1) is 0 Å². The second-order valence-electron chi connectivity index (χ2n) is 4.13. The van der Waals surface area contributed by atoms with Gasteiger partial charge in [-0.2, -0.15) is 0 Å². The van der Waals surface area contributed by atoms with Gasteiger partial charge in [0.15, 0.2) is 6.29 Å². The molecule has 0 fully saturated rings. The number of rotatable bonds is 6. The number of aldehydes is 1. The summed E-state index contributed by atoms with van der Waals surface area (Å²) >= 11 is 0. The third-order valence-corrected chi connectivity index (χ3v) is 2.80. The fourth-order valence-electron chi connectivity index (χ4n) is 1.75. The summed E-state index contributed by atoms with van der Waals surface area (Å²) in [6, 6.07) is 7.23. The van der Waals surface area contributed by atoms with E-state index in [9.17, 15) is 9.59 Å². The molecule has 5 heteroatoms. The maximum absolute atomic E-state index is 11.7. The molecule has 98 valence electrons. The van der Waals surface area contributed by atoms with E-state index in [4.69, 9.17) is 0 Å². The standard InChI is InChI=1S/C14H15N3O2/c18-11-13-2-1-8-17(13)9-5-14(19)16-10-12-3-6-15-7-4-12/h1-4,6-8,11H,5,9-10H2,(H,16,19). The highest BCUT2D eigenvalue weighted by Crippen LogP contribution is 2.01. The van der Waals surface area contributed by atoms with E-state index < -0.39 is 0 Å². The molecular weight excluding hydrogens is 242 g/mol. The highest BCUT2D eigenvalue weighted by atomic mass is 16.1. The van der Waals surface area contributed by atoms with E-state index in [-0.39, 0.29) is 5.91 Å². The molecule has 2 aromatic rings. The minimum Gasteiger partial charge on any atom is -0.352 e. The molecule has 0 bridgehead atoms. The first-order valence-corrected chi connectivity index (χ1v) is 6.05. The van der Waals surface area contributed by atoms with Crippen LogP contribution in [0.5, 0.6) is 0 Å². The number of nitrogens with one attached hydrogen (secondary N) is 1. The number of hydrogen-bond acceptors (Lipinski definition) is 3. The van der Waals surface area contributed by atoms with Crippen molar-refractivity contribution in [1.29, 1.82) is 0 Å². The fourth-order valence-corrected chi connectivity index (χ4v) is 1.75. The number of amides is 1. The number of hydrogen-bond donors (Lipinski definition) is 1. The van der Waals surface area contributed by atoms with Crippen molar-refractivity contribution in [3.05, 3.63) is 54.1 Å². The molecule has 19 heavy (non-hydrogen) atoms. The topological polar surface area (TPSA) is 64.0 Å². The van der Waals surface area contributed by atoms with Crippen LogP contribution in [-0.4, -0.2) is 21.7 Å². The number of carbonyl (C=O) groups excluding carboxylic acids is 2. The summed E-state index contributed by atoms with van der Waals surface area (Å²) in [5.41, 5.74) is 1.60. The Hall–Kier alpha value is -2.43. The molecule has 0 aliphatic heterocycles. The lowest BCUT2D eigenvalue weighted by Gasteiger charge is -2.07. The van der Waals surface area contributed by atoms with Crippen LogP contribution in [0.2, 0.25) is 0 Å². The predicted octanol–water partition coefficient (Wildman–Crippen LogP) is 1.40. The van der Waals surface area contributed by atoms with Crippen LogP contribution < -0.4 is 5.32 Å². The SMILES string of the molecule is O=Cc1cccn1CCC(=O)NCc1ccncc1. The van der Waals surface area contributed by atoms with Crippen LogP contribution in [0.25, 0.3) is 0 Å². The van der Waals surface area contributed by atoms with Gasteiger partial charge in [0, 0.05) is 38.1 Å². The van der Waals surface area contributed by atoms with Gasteiger partial charge in [-0.25, -0.2) is 0 Å². The first-order valence-electron chi connectivity index (χ1n) is 6.05. The minimum absolute atomic E-state index is 0.0395. The Morgan fingerprint density at radius 1 is 1.32 bits per heavy atom. The summed E-state index contributed by atoms with van der Waals surface area (Å²) in [5.74, 6) is -0.0395. The first-order chi connectivity index (χ1) is 9.29. The van der Waals surface area contributed by atoms with E-state index in [0.717, 1.165) is 11.8 Å². The average Bonchev–Trinajstić information content (AvgIpc) is 2.91. The van der Waals surface area contributed by atoms with Crippen LogP contribution >= 0.6 is 0 Å². The number of nitrogens with zero attached hydrogens (tertiary/aromatic N) is 2. The maximum atomic E-state index is 11.7. The van der Waals surface area contributed by atoms with Gasteiger partial charge < -0.3 is 9.88 Å². The molecule has 2 rings (SSSR count). The van der Waals surface area contributed by atoms with Crippen LogP contribution in [-0.2, 0) is 17.9 Å². The Labute approximate surface area is 111 Å². The lowest BCUT2D eigenvalue weighted by atomic mass is 10.2. The van der Waals surface area contributed by atoms with E-state index in [1.54, 1.807) is 35.3 Å². The predicted molar refractivity (Wildman–Crippen MR) is 70.5 cm³/mol. The summed E-state index contributed by atoms with van der Waals surface area (Å²) < 4.78 is 1.76. The molecule has 0 saturated heterocycles. The van der Waals surface area contributed by atoms with Crippen molar-refractivity contribution in [2.45, 2.75) is 19.5 Å². The van der Waals surface area contributed by atoms with Gasteiger partial charge in [-0.05, 0) is 29.8 Å². The molecule has 0 atom stereocenters. The molecule has 0 aromatic carbocycles. The molecule has 0 unspecified atom stereocenters. The van der Waals surface area contributed by atoms with E-state index in [1.807, 2.05) is 12.1 Å². The zero-order chi connectivity index (χ0) is 13.5.